The first kappa shape index (κ1) is 27.9. The Labute approximate surface area is 248 Å². The Morgan fingerprint density at radius 3 is 2.78 bits per heavy atom. The highest BCUT2D eigenvalue weighted by Crippen LogP contribution is 2.50. The minimum Gasteiger partial charge on any atom is -0.337 e. The van der Waals surface area contributed by atoms with E-state index in [2.05, 4.69) is 46.3 Å². The van der Waals surface area contributed by atoms with Gasteiger partial charge in [-0.3, -0.25) is 9.52 Å². The highest BCUT2D eigenvalue weighted by molar-refractivity contribution is 8.13. The summed E-state index contributed by atoms with van der Waals surface area (Å²) in [7, 11) is 1.66. The number of nitrogens with one attached hydrogen (secondary N) is 1. The zero-order valence-electron chi connectivity index (χ0n) is 23.3. The molecule has 1 N–H and O–H groups in total. The van der Waals surface area contributed by atoms with Crippen LogP contribution >= 0.6 is 22.3 Å². The predicted octanol–water partition coefficient (Wildman–Crippen LogP) is 7.58. The molecule has 4 aromatic rings. The minimum absolute atomic E-state index is 0.0158. The lowest BCUT2D eigenvalue weighted by molar-refractivity contribution is -0.120. The van der Waals surface area contributed by atoms with Gasteiger partial charge >= 0.3 is 0 Å². The molecule has 1 aromatic heterocycles. The SMILES string of the molecule is C/C=S(/N[C@@H]1CCCc2ccc(N(Cc3nccn3C)C(=O)[C@H]3C[C@@H]3c3ccccc3F)cc21)c1cccc(Cl)c1. The molecule has 4 atom stereocenters. The number of hydrogen-bond donors (Lipinski definition) is 1. The molecule has 1 heterocycles. The van der Waals surface area contributed by atoms with Crippen LogP contribution in [0.3, 0.4) is 0 Å². The third kappa shape index (κ3) is 5.89. The first-order valence-electron chi connectivity index (χ1n) is 14.1. The van der Waals surface area contributed by atoms with Gasteiger partial charge in [-0.25, -0.2) is 9.37 Å². The summed E-state index contributed by atoms with van der Waals surface area (Å²) in [4.78, 5) is 21.6. The monoisotopic (exact) mass is 588 g/mol. The summed E-state index contributed by atoms with van der Waals surface area (Å²) in [5.74, 6) is 0.229. The molecule has 2 aliphatic rings. The Bertz CT molecular complexity index is 1620. The highest BCUT2D eigenvalue weighted by Gasteiger charge is 2.47. The fraction of sp³-hybridized carbons (Fsp3) is 0.303. The molecule has 0 bridgehead atoms. The highest BCUT2D eigenvalue weighted by atomic mass is 35.5. The van der Waals surface area contributed by atoms with E-state index in [9.17, 15) is 9.18 Å². The molecule has 0 saturated heterocycles. The molecule has 8 heteroatoms. The van der Waals surface area contributed by atoms with Gasteiger partial charge in [0.05, 0.1) is 6.54 Å². The second-order valence-corrected chi connectivity index (χ2v) is 13.1. The summed E-state index contributed by atoms with van der Waals surface area (Å²) in [6, 6.07) is 21.4. The number of aryl methyl sites for hydroxylation is 2. The number of nitrogens with zero attached hydrogens (tertiary/aromatic N) is 3. The van der Waals surface area contributed by atoms with Gasteiger partial charge in [0.15, 0.2) is 0 Å². The Morgan fingerprint density at radius 2 is 2.02 bits per heavy atom. The minimum atomic E-state index is -0.280. The van der Waals surface area contributed by atoms with Gasteiger partial charge in [0.1, 0.15) is 11.6 Å². The number of benzene rings is 3. The molecule has 1 unspecified atom stereocenters. The van der Waals surface area contributed by atoms with Crippen molar-refractivity contribution in [2.45, 2.75) is 56.0 Å². The number of fused-ring (bicyclic) bond motifs is 1. The van der Waals surface area contributed by atoms with Crippen molar-refractivity contribution in [3.63, 3.8) is 0 Å². The van der Waals surface area contributed by atoms with E-state index in [0.29, 0.717) is 18.5 Å². The van der Waals surface area contributed by atoms with Gasteiger partial charge in [0, 0.05) is 47.0 Å². The van der Waals surface area contributed by atoms with Crippen LogP contribution in [0.2, 0.25) is 5.02 Å². The number of anilines is 1. The maximum atomic E-state index is 14.6. The number of halogens is 2. The number of carbonyl (C=O) groups excluding carboxylic acids is 1. The molecular formula is C33H34ClFN4OS. The van der Waals surface area contributed by atoms with Crippen molar-refractivity contribution in [1.82, 2.24) is 14.3 Å². The number of imidazole rings is 1. The van der Waals surface area contributed by atoms with Crippen LogP contribution in [0.4, 0.5) is 10.1 Å². The molecule has 2 aliphatic carbocycles. The van der Waals surface area contributed by atoms with Crippen molar-refractivity contribution in [2.24, 2.45) is 13.0 Å². The standard InChI is InChI=1S/C33H34ClFN4OS/c1-3-41(25-10-7-9-23(34)18-25)37-31-13-6-8-22-14-15-24(19-27(22)31)39(21-32-36-16-17-38(32)2)33(40)29-20-28(29)26-11-4-5-12-30(26)35/h3-5,7,9-12,14-19,28-29,31,37H,6,8,13,20-21H2,1-2H3/t28-,29+,31-,41?/m1/s1. The molecule has 212 valence electrons. The lowest BCUT2D eigenvalue weighted by atomic mass is 9.87. The third-order valence-electron chi connectivity index (χ3n) is 8.21. The molecule has 0 radical (unpaired) electrons. The van der Waals surface area contributed by atoms with E-state index in [4.69, 9.17) is 11.6 Å². The van der Waals surface area contributed by atoms with E-state index in [1.54, 1.807) is 18.3 Å². The molecule has 3 aromatic carbocycles. The zero-order chi connectivity index (χ0) is 28.5. The van der Waals surface area contributed by atoms with Gasteiger partial charge in [-0.05, 0) is 97.0 Å². The second-order valence-electron chi connectivity index (χ2n) is 10.8. The van der Waals surface area contributed by atoms with E-state index in [1.807, 2.05) is 47.0 Å². The van der Waals surface area contributed by atoms with Crippen LogP contribution in [0.15, 0.2) is 84.0 Å². The van der Waals surface area contributed by atoms with Gasteiger partial charge in [0.25, 0.3) is 0 Å². The van der Waals surface area contributed by atoms with Crippen LogP contribution in [0.1, 0.15) is 60.7 Å². The summed E-state index contributed by atoms with van der Waals surface area (Å²) >= 11 is 6.31. The summed E-state index contributed by atoms with van der Waals surface area (Å²) in [6.45, 7) is 2.43. The topological polar surface area (TPSA) is 50.2 Å². The third-order valence-corrected chi connectivity index (χ3v) is 10.2. The first-order valence-corrected chi connectivity index (χ1v) is 15.8. The molecule has 5 nitrogen and oxygen atoms in total. The van der Waals surface area contributed by atoms with Gasteiger partial charge in [0.2, 0.25) is 5.91 Å². The maximum Gasteiger partial charge on any atom is 0.231 e. The number of carbonyl (C=O) groups is 1. The molecule has 1 amide bonds. The van der Waals surface area contributed by atoms with Crippen LogP contribution in [0.5, 0.6) is 0 Å². The average Bonchev–Trinajstić information content (AvgIpc) is 3.68. The average molecular weight is 589 g/mol. The normalized spacial score (nSPS) is 20.4. The summed E-state index contributed by atoms with van der Waals surface area (Å²) < 4.78 is 20.4. The molecule has 0 aliphatic heterocycles. The van der Waals surface area contributed by atoms with Crippen LogP contribution in [0.25, 0.3) is 0 Å². The first-order chi connectivity index (χ1) is 19.9. The number of amides is 1. The lowest BCUT2D eigenvalue weighted by Crippen LogP contribution is -2.33. The maximum absolute atomic E-state index is 14.6. The summed E-state index contributed by atoms with van der Waals surface area (Å²) in [5.41, 5.74) is 4.02. The zero-order valence-corrected chi connectivity index (χ0v) is 24.8. The van der Waals surface area contributed by atoms with Gasteiger partial charge in [-0.15, -0.1) is 0 Å². The molecule has 6 rings (SSSR count). The van der Waals surface area contributed by atoms with Gasteiger partial charge in [-0.2, -0.15) is 0 Å². The van der Waals surface area contributed by atoms with E-state index in [0.717, 1.165) is 40.7 Å². The Balaban J connectivity index is 1.31. The van der Waals surface area contributed by atoms with E-state index >= 15 is 0 Å². The van der Waals surface area contributed by atoms with E-state index in [1.165, 1.54) is 17.2 Å². The molecule has 1 saturated carbocycles. The second kappa shape index (κ2) is 11.9. The van der Waals surface area contributed by atoms with Gasteiger partial charge < -0.3 is 9.47 Å². The van der Waals surface area contributed by atoms with Crippen molar-refractivity contribution < 1.29 is 9.18 Å². The van der Waals surface area contributed by atoms with Crippen molar-refractivity contribution in [2.75, 3.05) is 4.90 Å². The van der Waals surface area contributed by atoms with Crippen molar-refractivity contribution in [3.05, 3.63) is 112 Å². The largest absolute Gasteiger partial charge is 0.337 e. The predicted molar refractivity (Wildman–Crippen MR) is 166 cm³/mol. The Hall–Kier alpha value is -3.26. The van der Waals surface area contributed by atoms with Crippen molar-refractivity contribution in [1.29, 1.82) is 0 Å². The Kier molecular flexibility index (Phi) is 8.11. The molecule has 1 fully saturated rings. The van der Waals surface area contributed by atoms with Crippen LogP contribution in [0, 0.1) is 11.7 Å². The molecule has 41 heavy (non-hydrogen) atoms. The lowest BCUT2D eigenvalue weighted by Gasteiger charge is -2.30. The quantitative estimate of drug-likeness (QED) is 0.216. The fourth-order valence-corrected chi connectivity index (χ4v) is 7.71. The van der Waals surface area contributed by atoms with E-state index < -0.39 is 0 Å². The Morgan fingerprint density at radius 1 is 1.17 bits per heavy atom. The van der Waals surface area contributed by atoms with Crippen LogP contribution < -0.4 is 9.62 Å². The van der Waals surface area contributed by atoms with E-state index in [-0.39, 0.29) is 40.3 Å². The van der Waals surface area contributed by atoms with Crippen molar-refractivity contribution in [3.8, 4) is 0 Å². The van der Waals surface area contributed by atoms with Crippen LogP contribution in [-0.4, -0.2) is 20.8 Å². The summed E-state index contributed by atoms with van der Waals surface area (Å²) in [6.07, 6.45) is 7.42. The van der Waals surface area contributed by atoms with Crippen LogP contribution in [-0.2, 0) is 24.8 Å². The van der Waals surface area contributed by atoms with Gasteiger partial charge in [-0.1, -0.05) is 52.6 Å². The number of aromatic nitrogens is 2. The smallest absolute Gasteiger partial charge is 0.231 e. The fourth-order valence-electron chi connectivity index (χ4n) is 5.88. The number of rotatable bonds is 8. The van der Waals surface area contributed by atoms with Crippen molar-refractivity contribution >= 4 is 39.2 Å². The molecule has 0 spiro atoms. The number of hydrogen-bond acceptors (Lipinski definition) is 3. The summed E-state index contributed by atoms with van der Waals surface area (Å²) in [5, 5.41) is 2.92. The molecular weight excluding hydrogens is 555 g/mol.